The molecule has 0 saturated carbocycles. The Labute approximate surface area is 177 Å². The lowest BCUT2D eigenvalue weighted by Crippen LogP contribution is -2.18. The minimum absolute atomic E-state index is 0.244. The van der Waals surface area contributed by atoms with Crippen LogP contribution in [0.5, 0.6) is 0 Å². The molecule has 1 heterocycles. The summed E-state index contributed by atoms with van der Waals surface area (Å²) in [5.41, 5.74) is 4.77. The van der Waals surface area contributed by atoms with Crippen LogP contribution < -0.4 is 5.01 Å². The Kier molecular flexibility index (Phi) is 11.8. The normalized spacial score (nSPS) is 14.2. The number of rotatable bonds is 3. The molecule has 1 aliphatic rings. The van der Waals surface area contributed by atoms with Crippen molar-refractivity contribution in [1.29, 1.82) is 0 Å². The maximum Gasteiger partial charge on any atom is 0.0831 e. The highest BCUT2D eigenvalue weighted by Gasteiger charge is 2.29. The predicted molar refractivity (Wildman–Crippen MR) is 130 cm³/mol. The molecule has 154 valence electrons. The zero-order valence-electron chi connectivity index (χ0n) is 18.8. The summed E-state index contributed by atoms with van der Waals surface area (Å²) < 4.78 is 0. The zero-order chi connectivity index (χ0) is 21.5. The lowest BCUT2D eigenvalue weighted by Gasteiger charge is -2.23. The molecule has 0 spiro atoms. The molecule has 0 fully saturated rings. The number of hydrazone groups is 1. The average molecular weight is 389 g/mol. The Morgan fingerprint density at radius 3 is 1.59 bits per heavy atom. The molecule has 0 saturated heterocycles. The smallest absolute Gasteiger partial charge is 0.0831 e. The van der Waals surface area contributed by atoms with Crippen molar-refractivity contribution in [3.05, 3.63) is 102 Å². The summed E-state index contributed by atoms with van der Waals surface area (Å²) in [6.45, 7) is 12.0. The zero-order valence-corrected chi connectivity index (χ0v) is 18.8. The third kappa shape index (κ3) is 6.60. The third-order valence-corrected chi connectivity index (χ3v) is 4.22. The monoisotopic (exact) mass is 388 g/mol. The fraction of sp³-hybridized carbons (Fsp3) is 0.296. The molecule has 3 aromatic carbocycles. The van der Waals surface area contributed by atoms with Crippen molar-refractivity contribution in [3.8, 4) is 0 Å². The molecule has 0 aromatic heterocycles. The van der Waals surface area contributed by atoms with Gasteiger partial charge in [-0.05, 0) is 23.3 Å². The number of hydrogen-bond acceptors (Lipinski definition) is 2. The van der Waals surface area contributed by atoms with Crippen molar-refractivity contribution in [2.24, 2.45) is 5.10 Å². The van der Waals surface area contributed by atoms with Crippen LogP contribution in [0.1, 0.15) is 65.1 Å². The fourth-order valence-corrected chi connectivity index (χ4v) is 3.07. The maximum atomic E-state index is 4.94. The first-order chi connectivity index (χ1) is 14.4. The van der Waals surface area contributed by atoms with Gasteiger partial charge in [0.1, 0.15) is 0 Å². The lowest BCUT2D eigenvalue weighted by molar-refractivity contribution is 0.709. The molecule has 3 aromatic rings. The van der Waals surface area contributed by atoms with E-state index in [1.807, 2.05) is 53.7 Å². The van der Waals surface area contributed by atoms with Gasteiger partial charge in [0.05, 0.1) is 17.4 Å². The molecule has 0 N–H and O–H groups in total. The van der Waals surface area contributed by atoms with Crippen LogP contribution in [0.3, 0.4) is 0 Å². The fourth-order valence-electron chi connectivity index (χ4n) is 3.07. The number of para-hydroxylation sites is 1. The minimum Gasteiger partial charge on any atom is -0.257 e. The Bertz CT molecular complexity index is 796. The molecule has 1 atom stereocenters. The predicted octanol–water partition coefficient (Wildman–Crippen LogP) is 8.12. The van der Waals surface area contributed by atoms with Crippen molar-refractivity contribution in [2.45, 2.75) is 54.0 Å². The third-order valence-electron chi connectivity index (χ3n) is 4.22. The highest BCUT2D eigenvalue weighted by molar-refractivity contribution is 6.03. The molecule has 0 bridgehead atoms. The van der Waals surface area contributed by atoms with Gasteiger partial charge in [-0.25, -0.2) is 0 Å². The topological polar surface area (TPSA) is 15.6 Å². The first kappa shape index (κ1) is 24.2. The van der Waals surface area contributed by atoms with Gasteiger partial charge in [-0.2, -0.15) is 5.10 Å². The molecule has 0 aliphatic carbocycles. The van der Waals surface area contributed by atoms with E-state index in [1.165, 1.54) is 11.1 Å². The Morgan fingerprint density at radius 2 is 1.07 bits per heavy atom. The van der Waals surface area contributed by atoms with Crippen LogP contribution in [0.4, 0.5) is 5.69 Å². The van der Waals surface area contributed by atoms with Gasteiger partial charge in [0.2, 0.25) is 0 Å². The van der Waals surface area contributed by atoms with Gasteiger partial charge < -0.3 is 0 Å². The van der Waals surface area contributed by atoms with E-state index in [1.54, 1.807) is 0 Å². The van der Waals surface area contributed by atoms with E-state index >= 15 is 0 Å². The number of benzene rings is 3. The molecule has 1 unspecified atom stereocenters. The summed E-state index contributed by atoms with van der Waals surface area (Å²) in [5.74, 6) is 0. The van der Waals surface area contributed by atoms with Gasteiger partial charge in [0.15, 0.2) is 0 Å². The second kappa shape index (κ2) is 14.2. The summed E-state index contributed by atoms with van der Waals surface area (Å²) in [7, 11) is 0. The Balaban J connectivity index is 0.000000644. The van der Waals surface area contributed by atoms with Crippen LogP contribution >= 0.6 is 0 Å². The summed E-state index contributed by atoms with van der Waals surface area (Å²) >= 11 is 0. The molecule has 2 heteroatoms. The molecule has 0 amide bonds. The van der Waals surface area contributed by atoms with Crippen molar-refractivity contribution in [3.63, 3.8) is 0 Å². The summed E-state index contributed by atoms with van der Waals surface area (Å²) in [6, 6.07) is 31.7. The standard InChI is InChI=1S/C21H18N2.3C2H6/c1-4-10-17(11-5-1)20-16-21(18-12-6-2-7-13-18)23(22-20)19-14-8-3-9-15-19;3*1-2/h1-15,21H,16H2;3*1-2H3. The highest BCUT2D eigenvalue weighted by atomic mass is 15.5. The lowest BCUT2D eigenvalue weighted by atomic mass is 9.98. The second-order valence-electron chi connectivity index (χ2n) is 5.72. The second-order valence-corrected chi connectivity index (χ2v) is 5.72. The van der Waals surface area contributed by atoms with Crippen molar-refractivity contribution in [1.82, 2.24) is 0 Å². The van der Waals surface area contributed by atoms with Gasteiger partial charge in [-0.1, -0.05) is 120 Å². The molecule has 2 nitrogen and oxygen atoms in total. The maximum absolute atomic E-state index is 4.94. The SMILES string of the molecule is CC.CC.CC.c1ccc(C2=NN(c3ccccc3)C(c3ccccc3)C2)cc1. The molecule has 29 heavy (non-hydrogen) atoms. The quantitative estimate of drug-likeness (QED) is 0.442. The van der Waals surface area contributed by atoms with Crippen LogP contribution in [-0.4, -0.2) is 5.71 Å². The van der Waals surface area contributed by atoms with Crippen LogP contribution in [0.2, 0.25) is 0 Å². The van der Waals surface area contributed by atoms with Gasteiger partial charge >= 0.3 is 0 Å². The Hall–Kier alpha value is -2.87. The van der Waals surface area contributed by atoms with Gasteiger partial charge in [0, 0.05) is 6.42 Å². The van der Waals surface area contributed by atoms with E-state index in [2.05, 4.69) is 83.9 Å². The molecule has 0 radical (unpaired) electrons. The van der Waals surface area contributed by atoms with E-state index in [-0.39, 0.29) is 6.04 Å². The molecular formula is C27H36N2. The number of nitrogens with zero attached hydrogens (tertiary/aromatic N) is 2. The van der Waals surface area contributed by atoms with Crippen LogP contribution in [0.15, 0.2) is 96.1 Å². The highest BCUT2D eigenvalue weighted by Crippen LogP contribution is 2.36. The van der Waals surface area contributed by atoms with Crippen LogP contribution in [0, 0.1) is 0 Å². The summed E-state index contributed by atoms with van der Waals surface area (Å²) in [5, 5.41) is 7.09. The van der Waals surface area contributed by atoms with E-state index in [0.29, 0.717) is 0 Å². The molecular weight excluding hydrogens is 352 g/mol. The number of hydrogen-bond donors (Lipinski definition) is 0. The Morgan fingerprint density at radius 1 is 0.621 bits per heavy atom. The molecule has 4 rings (SSSR count). The van der Waals surface area contributed by atoms with E-state index in [4.69, 9.17) is 5.10 Å². The van der Waals surface area contributed by atoms with E-state index < -0.39 is 0 Å². The number of anilines is 1. The molecule has 1 aliphatic heterocycles. The first-order valence-electron chi connectivity index (χ1n) is 10.9. The van der Waals surface area contributed by atoms with Crippen LogP contribution in [0.25, 0.3) is 0 Å². The average Bonchev–Trinajstić information content (AvgIpc) is 3.30. The summed E-state index contributed by atoms with van der Waals surface area (Å²) in [6.07, 6.45) is 0.920. The van der Waals surface area contributed by atoms with E-state index in [9.17, 15) is 0 Å². The van der Waals surface area contributed by atoms with Crippen molar-refractivity contribution < 1.29 is 0 Å². The summed E-state index contributed by atoms with van der Waals surface area (Å²) in [4.78, 5) is 0. The van der Waals surface area contributed by atoms with Gasteiger partial charge in [-0.3, -0.25) is 5.01 Å². The first-order valence-corrected chi connectivity index (χ1v) is 10.9. The van der Waals surface area contributed by atoms with Crippen molar-refractivity contribution >= 4 is 11.4 Å². The largest absolute Gasteiger partial charge is 0.257 e. The van der Waals surface area contributed by atoms with Gasteiger partial charge in [0.25, 0.3) is 0 Å². The van der Waals surface area contributed by atoms with E-state index in [0.717, 1.165) is 17.8 Å². The minimum atomic E-state index is 0.244. The van der Waals surface area contributed by atoms with Gasteiger partial charge in [-0.15, -0.1) is 0 Å². The van der Waals surface area contributed by atoms with Crippen LogP contribution in [-0.2, 0) is 0 Å². The van der Waals surface area contributed by atoms with Crippen molar-refractivity contribution in [2.75, 3.05) is 5.01 Å².